The molecule has 0 fully saturated rings. The molecule has 2 aliphatic carbocycles. The summed E-state index contributed by atoms with van der Waals surface area (Å²) in [7, 11) is 0. The predicted molar refractivity (Wildman–Crippen MR) is 65.3 cm³/mol. The summed E-state index contributed by atoms with van der Waals surface area (Å²) >= 11 is 0. The number of fused-ring (bicyclic) bond motifs is 1. The van der Waals surface area contributed by atoms with Gasteiger partial charge >= 0.3 is 12.1 Å². The molecule has 0 saturated carbocycles. The first kappa shape index (κ1) is 15.5. The Morgan fingerprint density at radius 1 is 1.00 bits per heavy atom. The van der Waals surface area contributed by atoms with E-state index >= 15 is 0 Å². The van der Waals surface area contributed by atoms with Crippen LogP contribution in [0.15, 0.2) is 42.5 Å². The largest absolute Gasteiger partial charge is 0.490 e. The van der Waals surface area contributed by atoms with E-state index in [0.717, 1.165) is 11.1 Å². The Bertz CT molecular complexity index is 596. The number of alkyl halides is 3. The maximum absolute atomic E-state index is 11.1. The van der Waals surface area contributed by atoms with Crippen molar-refractivity contribution in [2.75, 3.05) is 0 Å². The molecule has 4 nitrogen and oxygen atoms in total. The molecule has 2 aliphatic rings. The van der Waals surface area contributed by atoms with E-state index in [9.17, 15) is 18.0 Å². The standard InChI is InChI=1S/C11H9NO.C2HF3O2/c12-11(13)10-6-2-1-4-8-5-3-7-9(8)10;3-2(4,5)1(6)7/h1-7H,(H2,12,13);(H,6,7). The summed E-state index contributed by atoms with van der Waals surface area (Å²) in [5, 5.41) is 7.12. The normalized spacial score (nSPS) is 10.6. The lowest BCUT2D eigenvalue weighted by molar-refractivity contribution is -0.192. The Hall–Kier alpha value is -2.57. The monoisotopic (exact) mass is 285 g/mol. The number of halogens is 3. The number of carboxylic acids is 1. The molecule has 0 heterocycles. The lowest BCUT2D eigenvalue weighted by atomic mass is 10.1. The first-order chi connectivity index (χ1) is 9.23. The number of rotatable bonds is 1. The Balaban J connectivity index is 0.000000246. The van der Waals surface area contributed by atoms with Crippen molar-refractivity contribution < 1.29 is 27.9 Å². The lowest BCUT2D eigenvalue weighted by Crippen LogP contribution is -2.21. The molecule has 0 aromatic heterocycles. The molecule has 0 atom stereocenters. The van der Waals surface area contributed by atoms with Crippen LogP contribution in [0.1, 0.15) is 10.4 Å². The van der Waals surface area contributed by atoms with Gasteiger partial charge in [-0.25, -0.2) is 4.79 Å². The minimum atomic E-state index is -5.08. The highest BCUT2D eigenvalue weighted by molar-refractivity contribution is 6.00. The van der Waals surface area contributed by atoms with Gasteiger partial charge < -0.3 is 10.8 Å². The average molecular weight is 285 g/mol. The fourth-order valence-electron chi connectivity index (χ4n) is 1.44. The molecule has 7 heteroatoms. The van der Waals surface area contributed by atoms with Gasteiger partial charge in [0.05, 0.1) is 0 Å². The number of hydrogen-bond donors (Lipinski definition) is 2. The van der Waals surface area contributed by atoms with E-state index in [0.29, 0.717) is 5.56 Å². The molecular weight excluding hydrogens is 275 g/mol. The van der Waals surface area contributed by atoms with Gasteiger partial charge in [-0.3, -0.25) is 4.79 Å². The zero-order chi connectivity index (χ0) is 15.3. The molecule has 106 valence electrons. The van der Waals surface area contributed by atoms with Gasteiger partial charge in [-0.05, 0) is 17.2 Å². The molecule has 0 aromatic rings. The molecule has 0 saturated heterocycles. The highest BCUT2D eigenvalue weighted by atomic mass is 19.4. The van der Waals surface area contributed by atoms with Crippen LogP contribution in [0.4, 0.5) is 13.2 Å². The second kappa shape index (κ2) is 6.05. The van der Waals surface area contributed by atoms with Crippen molar-refractivity contribution in [3.63, 3.8) is 0 Å². The van der Waals surface area contributed by atoms with Gasteiger partial charge in [0.25, 0.3) is 0 Å². The van der Waals surface area contributed by atoms with Crippen molar-refractivity contribution in [1.82, 2.24) is 0 Å². The van der Waals surface area contributed by atoms with E-state index in [1.54, 1.807) is 6.07 Å². The van der Waals surface area contributed by atoms with Crippen LogP contribution in [0.3, 0.4) is 0 Å². The smallest absolute Gasteiger partial charge is 0.475 e. The Morgan fingerprint density at radius 2 is 1.50 bits per heavy atom. The van der Waals surface area contributed by atoms with Crippen LogP contribution in [0, 0.1) is 0 Å². The number of aliphatic carboxylic acids is 1. The van der Waals surface area contributed by atoms with E-state index in [2.05, 4.69) is 0 Å². The van der Waals surface area contributed by atoms with Crippen LogP contribution in [0.5, 0.6) is 0 Å². The highest BCUT2D eigenvalue weighted by Gasteiger charge is 2.38. The lowest BCUT2D eigenvalue weighted by Gasteiger charge is -1.97. The SMILES string of the molecule is NC(=O)c1ccccc2cccc1-2.O=C(O)C(F)(F)F. The third-order valence-corrected chi connectivity index (χ3v) is 2.30. The van der Waals surface area contributed by atoms with Crippen LogP contribution in [-0.2, 0) is 4.79 Å². The van der Waals surface area contributed by atoms with Crippen molar-refractivity contribution in [3.05, 3.63) is 48.0 Å². The highest BCUT2D eigenvalue weighted by Crippen LogP contribution is 2.24. The number of carboxylic acid groups (broad SMARTS) is 1. The van der Waals surface area contributed by atoms with Crippen molar-refractivity contribution in [3.8, 4) is 11.1 Å². The van der Waals surface area contributed by atoms with Crippen molar-refractivity contribution in [2.24, 2.45) is 5.73 Å². The number of carbonyl (C=O) groups excluding carboxylic acids is 1. The van der Waals surface area contributed by atoms with Crippen LogP contribution in [-0.4, -0.2) is 23.2 Å². The van der Waals surface area contributed by atoms with E-state index < -0.39 is 12.1 Å². The van der Waals surface area contributed by atoms with E-state index in [1.165, 1.54) is 0 Å². The molecule has 0 spiro atoms. The van der Waals surface area contributed by atoms with Gasteiger partial charge in [0.1, 0.15) is 0 Å². The van der Waals surface area contributed by atoms with Gasteiger partial charge in [-0.15, -0.1) is 0 Å². The molecule has 0 unspecified atom stereocenters. The first-order valence-electron chi connectivity index (χ1n) is 5.31. The zero-order valence-corrected chi connectivity index (χ0v) is 10.0. The topological polar surface area (TPSA) is 80.4 Å². The third-order valence-electron chi connectivity index (χ3n) is 2.30. The molecule has 0 radical (unpaired) electrons. The Morgan fingerprint density at radius 3 is 2.00 bits per heavy atom. The Kier molecular flexibility index (Phi) is 4.68. The van der Waals surface area contributed by atoms with Gasteiger partial charge in [0, 0.05) is 5.56 Å². The second-order valence-corrected chi connectivity index (χ2v) is 3.69. The Labute approximate surface area is 112 Å². The summed E-state index contributed by atoms with van der Waals surface area (Å²) in [6.45, 7) is 0. The maximum atomic E-state index is 11.1. The summed E-state index contributed by atoms with van der Waals surface area (Å²) in [6, 6.07) is 13.2. The predicted octanol–water partition coefficient (Wildman–Crippen LogP) is 2.52. The minimum absolute atomic E-state index is 0.382. The average Bonchev–Trinajstić information content (AvgIpc) is 2.68. The number of primary amides is 1. The summed E-state index contributed by atoms with van der Waals surface area (Å²) in [5.41, 5.74) is 7.78. The summed E-state index contributed by atoms with van der Waals surface area (Å²) in [6.07, 6.45) is -5.08. The summed E-state index contributed by atoms with van der Waals surface area (Å²) < 4.78 is 31.7. The van der Waals surface area contributed by atoms with Gasteiger partial charge in [0.15, 0.2) is 0 Å². The molecule has 20 heavy (non-hydrogen) atoms. The maximum Gasteiger partial charge on any atom is 0.490 e. The quantitative estimate of drug-likeness (QED) is 0.844. The second-order valence-electron chi connectivity index (χ2n) is 3.69. The molecule has 0 aromatic carbocycles. The van der Waals surface area contributed by atoms with E-state index in [4.69, 9.17) is 15.6 Å². The van der Waals surface area contributed by atoms with Crippen LogP contribution >= 0.6 is 0 Å². The molecule has 0 bridgehead atoms. The molecule has 2 rings (SSSR count). The van der Waals surface area contributed by atoms with Crippen molar-refractivity contribution in [1.29, 1.82) is 0 Å². The first-order valence-corrected chi connectivity index (χ1v) is 5.31. The van der Waals surface area contributed by atoms with Gasteiger partial charge in [-0.1, -0.05) is 36.4 Å². The summed E-state index contributed by atoms with van der Waals surface area (Å²) in [4.78, 5) is 20.0. The number of carbonyl (C=O) groups is 2. The summed E-state index contributed by atoms with van der Waals surface area (Å²) in [5.74, 6) is -3.14. The number of hydrogen-bond acceptors (Lipinski definition) is 2. The number of amides is 1. The third kappa shape index (κ3) is 3.98. The molecular formula is C13H10F3NO3. The fraction of sp³-hybridized carbons (Fsp3) is 0.0769. The zero-order valence-electron chi connectivity index (χ0n) is 10.0. The fourth-order valence-corrected chi connectivity index (χ4v) is 1.44. The molecule has 0 aliphatic heterocycles. The van der Waals surface area contributed by atoms with E-state index in [1.807, 2.05) is 36.4 Å². The van der Waals surface area contributed by atoms with Crippen LogP contribution in [0.25, 0.3) is 11.1 Å². The minimum Gasteiger partial charge on any atom is -0.475 e. The van der Waals surface area contributed by atoms with Crippen molar-refractivity contribution in [2.45, 2.75) is 6.18 Å². The molecule has 3 N–H and O–H groups in total. The van der Waals surface area contributed by atoms with Gasteiger partial charge in [-0.2, -0.15) is 13.2 Å². The van der Waals surface area contributed by atoms with E-state index in [-0.39, 0.29) is 5.91 Å². The number of nitrogens with two attached hydrogens (primary N) is 1. The van der Waals surface area contributed by atoms with Crippen molar-refractivity contribution >= 4 is 11.9 Å². The van der Waals surface area contributed by atoms with Gasteiger partial charge in [0.2, 0.25) is 5.91 Å². The van der Waals surface area contributed by atoms with Crippen LogP contribution < -0.4 is 5.73 Å². The molecule has 1 amide bonds. The van der Waals surface area contributed by atoms with Crippen LogP contribution in [0.2, 0.25) is 0 Å².